The molecular formula is C2H2S3+2. The standard InChI is InChI=1S/C2H2S3/c1-3-2-5-4-1/h1-2H/q+2. The van der Waals surface area contributed by atoms with E-state index in [-0.39, 0.29) is 0 Å². The van der Waals surface area contributed by atoms with E-state index in [1.54, 1.807) is 32.0 Å². The molecule has 0 radical (unpaired) electrons. The lowest BCUT2D eigenvalue weighted by molar-refractivity contribution is 2.86. The molecule has 0 aliphatic rings. The molecule has 0 saturated carbocycles. The summed E-state index contributed by atoms with van der Waals surface area (Å²) in [6, 6.07) is 0. The van der Waals surface area contributed by atoms with Gasteiger partial charge in [0.15, 0.2) is 0 Å². The summed E-state index contributed by atoms with van der Waals surface area (Å²) in [5, 5.41) is 0. The van der Waals surface area contributed by atoms with Gasteiger partial charge in [0.2, 0.25) is 10.3 Å². The second kappa shape index (κ2) is 1.74. The molecule has 0 nitrogen and oxygen atoms in total. The highest BCUT2D eigenvalue weighted by Gasteiger charge is 1.97. The first-order valence-electron chi connectivity index (χ1n) is 1.11. The predicted molar refractivity (Wildman–Crippen MR) is 28.9 cm³/mol. The summed E-state index contributed by atoms with van der Waals surface area (Å²) in [6.45, 7) is 0. The van der Waals surface area contributed by atoms with E-state index in [1.165, 1.54) is 0 Å². The van der Waals surface area contributed by atoms with Crippen molar-refractivity contribution in [1.29, 1.82) is 0 Å². The van der Waals surface area contributed by atoms with Crippen molar-refractivity contribution in [2.75, 3.05) is 0 Å². The Kier molecular flexibility index (Phi) is 1.25. The molecule has 1 aromatic rings. The van der Waals surface area contributed by atoms with E-state index in [1.807, 2.05) is 0 Å². The maximum Gasteiger partial charge on any atom is 0.458 e. The maximum absolute atomic E-state index is 2.10. The molecule has 3 heteroatoms. The summed E-state index contributed by atoms with van der Waals surface area (Å²) in [4.78, 5) is 0. The van der Waals surface area contributed by atoms with Gasteiger partial charge >= 0.3 is 19.7 Å². The minimum atomic E-state index is 1.75. The predicted octanol–water partition coefficient (Wildman–Crippen LogP) is 2.43. The van der Waals surface area contributed by atoms with Crippen LogP contribution in [-0.2, 0) is 0 Å². The van der Waals surface area contributed by atoms with Crippen molar-refractivity contribution in [2.45, 2.75) is 0 Å². The van der Waals surface area contributed by atoms with Crippen LogP contribution in [0.4, 0.5) is 0 Å². The maximum atomic E-state index is 2.10. The lowest BCUT2D eigenvalue weighted by atomic mass is 11.9. The van der Waals surface area contributed by atoms with Crippen LogP contribution in [0.1, 0.15) is 0 Å². The van der Waals surface area contributed by atoms with Gasteiger partial charge in [0.1, 0.15) is 0 Å². The lowest BCUT2D eigenvalue weighted by Gasteiger charge is -1.04. The highest BCUT2D eigenvalue weighted by atomic mass is 32.9. The SMILES string of the molecule is c1s[s+]c[s+]1. The Morgan fingerprint density at radius 2 is 2.60 bits per heavy atom. The Bertz CT molecular complexity index is 61.4. The van der Waals surface area contributed by atoms with Crippen LogP contribution < -0.4 is 0 Å². The van der Waals surface area contributed by atoms with Crippen molar-refractivity contribution in [1.82, 2.24) is 0 Å². The van der Waals surface area contributed by atoms with Crippen molar-refractivity contribution in [3.8, 4) is 0 Å². The smallest absolute Gasteiger partial charge is 0.220 e. The molecule has 0 fully saturated rings. The Morgan fingerprint density at radius 3 is 2.80 bits per heavy atom. The summed E-state index contributed by atoms with van der Waals surface area (Å²) < 4.78 is 4.20. The van der Waals surface area contributed by atoms with Gasteiger partial charge in [-0.05, 0) is 0 Å². The summed E-state index contributed by atoms with van der Waals surface area (Å²) in [7, 11) is 3.55. The highest BCUT2D eigenvalue weighted by molar-refractivity contribution is 7.72. The fourth-order valence-corrected chi connectivity index (χ4v) is 3.06. The minimum absolute atomic E-state index is 1.75. The van der Waals surface area contributed by atoms with Gasteiger partial charge in [0, 0.05) is 0 Å². The zero-order chi connectivity index (χ0) is 3.54. The molecule has 5 heavy (non-hydrogen) atoms. The molecule has 1 heterocycles. The van der Waals surface area contributed by atoms with Crippen LogP contribution in [0.25, 0.3) is 0 Å². The second-order valence-electron chi connectivity index (χ2n) is 0.521. The van der Waals surface area contributed by atoms with Gasteiger partial charge < -0.3 is 0 Å². The molecule has 0 atom stereocenters. The van der Waals surface area contributed by atoms with Crippen LogP contribution in [0.2, 0.25) is 0 Å². The Labute approximate surface area is 41.8 Å². The monoisotopic (exact) mass is 122 g/mol. The Hall–Kier alpha value is 0.400. The van der Waals surface area contributed by atoms with Crippen molar-refractivity contribution in [3.63, 3.8) is 0 Å². The molecule has 0 N–H and O–H groups in total. The van der Waals surface area contributed by atoms with Gasteiger partial charge in [-0.3, -0.25) is 0 Å². The molecule has 0 aromatic carbocycles. The van der Waals surface area contributed by atoms with Gasteiger partial charge in [0.25, 0.3) is 11.3 Å². The first-order chi connectivity index (χ1) is 2.50. The summed E-state index contributed by atoms with van der Waals surface area (Å²) in [5.74, 6) is 0. The van der Waals surface area contributed by atoms with Crippen molar-refractivity contribution in [2.24, 2.45) is 0 Å². The van der Waals surface area contributed by atoms with Crippen LogP contribution in [0.3, 0.4) is 0 Å². The van der Waals surface area contributed by atoms with Gasteiger partial charge in [0.05, 0.1) is 0 Å². The average molecular weight is 122 g/mol. The number of hydrogen-bond donors (Lipinski definition) is 0. The van der Waals surface area contributed by atoms with Crippen LogP contribution in [0, 0.1) is 0 Å². The quantitative estimate of drug-likeness (QED) is 0.366. The summed E-state index contributed by atoms with van der Waals surface area (Å²) in [6.07, 6.45) is 0. The number of hydrogen-bond acceptors (Lipinski definition) is 1. The van der Waals surface area contributed by atoms with Crippen molar-refractivity contribution >= 4 is 32.0 Å². The van der Waals surface area contributed by atoms with Gasteiger partial charge in [-0.15, -0.1) is 0 Å². The first-order valence-corrected chi connectivity index (χ1v) is 4.33. The summed E-state index contributed by atoms with van der Waals surface area (Å²) >= 11 is 1.75. The molecular weight excluding hydrogens is 120 g/mol. The zero-order valence-electron chi connectivity index (χ0n) is 2.38. The summed E-state index contributed by atoms with van der Waals surface area (Å²) in [5.41, 5.74) is 0. The molecule has 26 valence electrons. The Balaban J connectivity index is 3.13. The molecule has 0 bridgehead atoms. The molecule has 0 aliphatic carbocycles. The average Bonchev–Trinajstić information content (AvgIpc) is 1.76. The van der Waals surface area contributed by atoms with Crippen LogP contribution >= 0.6 is 32.0 Å². The zero-order valence-corrected chi connectivity index (χ0v) is 4.83. The fourth-order valence-electron chi connectivity index (χ4n) is 0.113. The van der Waals surface area contributed by atoms with E-state index in [0.717, 1.165) is 0 Å². The molecule has 1 aromatic heterocycles. The minimum Gasteiger partial charge on any atom is 0.220 e. The normalized spacial score (nSPS) is 8.00. The fraction of sp³-hybridized carbons (Fsp3) is 0. The van der Waals surface area contributed by atoms with E-state index in [2.05, 4.69) is 9.39 Å². The van der Waals surface area contributed by atoms with Gasteiger partial charge in [-0.2, -0.15) is 0 Å². The topological polar surface area (TPSA) is 0 Å². The largest absolute Gasteiger partial charge is 0.458 e. The third kappa shape index (κ3) is 0.869. The highest BCUT2D eigenvalue weighted by Crippen LogP contribution is 2.09. The van der Waals surface area contributed by atoms with Crippen LogP contribution in [0.5, 0.6) is 0 Å². The van der Waals surface area contributed by atoms with Crippen molar-refractivity contribution in [3.05, 3.63) is 9.39 Å². The first kappa shape index (κ1) is 3.59. The van der Waals surface area contributed by atoms with E-state index < -0.39 is 0 Å². The van der Waals surface area contributed by atoms with Crippen LogP contribution in [0.15, 0.2) is 9.39 Å². The van der Waals surface area contributed by atoms with E-state index in [0.29, 0.717) is 0 Å². The van der Waals surface area contributed by atoms with Gasteiger partial charge in [-0.25, -0.2) is 0 Å². The van der Waals surface area contributed by atoms with Gasteiger partial charge in [-0.1, -0.05) is 0 Å². The third-order valence-electron chi connectivity index (χ3n) is 0.245. The third-order valence-corrected chi connectivity index (χ3v) is 3.62. The molecule has 0 amide bonds. The molecule has 1 rings (SSSR count). The van der Waals surface area contributed by atoms with Crippen LogP contribution in [-0.4, -0.2) is 0 Å². The molecule has 0 unspecified atom stereocenters. The molecule has 0 saturated heterocycles. The Morgan fingerprint density at radius 1 is 1.60 bits per heavy atom. The van der Waals surface area contributed by atoms with Crippen molar-refractivity contribution < 1.29 is 0 Å². The van der Waals surface area contributed by atoms with E-state index in [9.17, 15) is 0 Å². The molecule has 0 spiro atoms. The van der Waals surface area contributed by atoms with E-state index in [4.69, 9.17) is 0 Å². The number of rotatable bonds is 0. The lowest BCUT2D eigenvalue weighted by Crippen LogP contribution is -0.960. The second-order valence-corrected chi connectivity index (χ2v) is 3.87. The van der Waals surface area contributed by atoms with E-state index >= 15 is 0 Å². The molecule has 0 aliphatic heterocycles.